The van der Waals surface area contributed by atoms with Crippen molar-refractivity contribution in [1.82, 2.24) is 10.0 Å². The predicted molar refractivity (Wildman–Crippen MR) is 144 cm³/mol. The molecular formula is C24H38N6O6S. The van der Waals surface area contributed by atoms with E-state index in [1.54, 1.807) is 18.2 Å². The molecule has 37 heavy (non-hydrogen) atoms. The Labute approximate surface area is 218 Å². The van der Waals surface area contributed by atoms with Gasteiger partial charge in [0.2, 0.25) is 10.0 Å². The first-order valence-corrected chi connectivity index (χ1v) is 13.5. The van der Waals surface area contributed by atoms with Crippen molar-refractivity contribution >= 4 is 38.4 Å². The van der Waals surface area contributed by atoms with E-state index < -0.39 is 22.0 Å². The SMILES string of the molecule is CN(C)c1cccc2c(S(=O)(=O)NCCOCCOCCN[C@H](CCCN=C(N)N)C(=O)O)cccc12. The van der Waals surface area contributed by atoms with Gasteiger partial charge in [-0.05, 0) is 25.0 Å². The lowest BCUT2D eigenvalue weighted by atomic mass is 10.1. The molecule has 0 saturated carbocycles. The summed E-state index contributed by atoms with van der Waals surface area (Å²) in [5.74, 6) is -0.964. The van der Waals surface area contributed by atoms with E-state index in [-0.39, 0.29) is 30.6 Å². The van der Waals surface area contributed by atoms with Crippen LogP contribution in [0.1, 0.15) is 12.8 Å². The summed E-state index contributed by atoms with van der Waals surface area (Å²) in [5, 5.41) is 13.7. The third-order valence-corrected chi connectivity index (χ3v) is 6.94. The van der Waals surface area contributed by atoms with Gasteiger partial charge in [-0.25, -0.2) is 13.1 Å². The molecular weight excluding hydrogens is 500 g/mol. The zero-order chi connectivity index (χ0) is 27.3. The maximum Gasteiger partial charge on any atom is 0.320 e. The Morgan fingerprint density at radius 3 is 2.32 bits per heavy atom. The summed E-state index contributed by atoms with van der Waals surface area (Å²) in [6, 6.07) is 10.1. The number of guanidine groups is 1. The molecule has 2 rings (SSSR count). The minimum absolute atomic E-state index is 0.0172. The maximum absolute atomic E-state index is 12.9. The van der Waals surface area contributed by atoms with Gasteiger partial charge in [0.1, 0.15) is 6.04 Å². The molecule has 12 nitrogen and oxygen atoms in total. The maximum atomic E-state index is 12.9. The van der Waals surface area contributed by atoms with Crippen LogP contribution in [0.5, 0.6) is 0 Å². The number of fused-ring (bicyclic) bond motifs is 1. The van der Waals surface area contributed by atoms with Gasteiger partial charge in [-0.15, -0.1) is 0 Å². The highest BCUT2D eigenvalue weighted by molar-refractivity contribution is 7.89. The molecule has 0 amide bonds. The standard InChI is InChI=1S/C24H38N6O6S/c1-30(2)21-9-3-7-19-18(21)6-4-10-22(19)37(33,34)29-13-15-36-17-16-35-14-12-27-20(23(31)32)8-5-11-28-24(25)26/h3-4,6-7,9-10,20,27,29H,5,8,11-17H2,1-2H3,(H,31,32)(H4,25,26,28)/t20-/m1/s1. The Kier molecular flexibility index (Phi) is 12.5. The number of benzene rings is 2. The van der Waals surface area contributed by atoms with Gasteiger partial charge >= 0.3 is 5.97 Å². The second-order valence-corrected chi connectivity index (χ2v) is 10.2. The summed E-state index contributed by atoms with van der Waals surface area (Å²) in [7, 11) is 0.111. The first kappa shape index (κ1) is 30.3. The molecule has 2 aromatic carbocycles. The molecule has 0 aliphatic rings. The molecule has 0 unspecified atom stereocenters. The molecule has 0 fully saturated rings. The lowest BCUT2D eigenvalue weighted by Crippen LogP contribution is -2.38. The van der Waals surface area contributed by atoms with Crippen molar-refractivity contribution in [2.45, 2.75) is 23.8 Å². The number of sulfonamides is 1. The van der Waals surface area contributed by atoms with Crippen molar-refractivity contribution in [3.05, 3.63) is 36.4 Å². The zero-order valence-electron chi connectivity index (χ0n) is 21.4. The Bertz CT molecular complexity index is 1140. The topological polar surface area (TPSA) is 182 Å². The van der Waals surface area contributed by atoms with E-state index in [2.05, 4.69) is 15.0 Å². The van der Waals surface area contributed by atoms with E-state index in [0.29, 0.717) is 44.5 Å². The van der Waals surface area contributed by atoms with Crippen LogP contribution in [0.4, 0.5) is 5.69 Å². The van der Waals surface area contributed by atoms with Gasteiger partial charge in [0.25, 0.3) is 0 Å². The number of hydrogen-bond donors (Lipinski definition) is 5. The Balaban J connectivity index is 1.65. The van der Waals surface area contributed by atoms with Gasteiger partial charge < -0.3 is 36.3 Å². The lowest BCUT2D eigenvalue weighted by molar-refractivity contribution is -0.139. The normalized spacial score (nSPS) is 12.4. The number of hydrogen-bond acceptors (Lipinski definition) is 8. The quantitative estimate of drug-likeness (QED) is 0.101. The third kappa shape index (κ3) is 10.1. The monoisotopic (exact) mass is 538 g/mol. The number of nitrogens with zero attached hydrogens (tertiary/aromatic N) is 2. The fourth-order valence-electron chi connectivity index (χ4n) is 3.66. The van der Waals surface area contributed by atoms with Crippen LogP contribution in [-0.4, -0.2) is 91.7 Å². The van der Waals surface area contributed by atoms with E-state index in [0.717, 1.165) is 11.1 Å². The van der Waals surface area contributed by atoms with Crippen molar-refractivity contribution in [2.75, 3.05) is 65.1 Å². The molecule has 0 spiro atoms. The van der Waals surface area contributed by atoms with Gasteiger partial charge in [-0.3, -0.25) is 9.79 Å². The zero-order valence-corrected chi connectivity index (χ0v) is 22.2. The van der Waals surface area contributed by atoms with Crippen LogP contribution in [0.3, 0.4) is 0 Å². The number of anilines is 1. The van der Waals surface area contributed by atoms with Crippen molar-refractivity contribution in [3.63, 3.8) is 0 Å². The highest BCUT2D eigenvalue weighted by atomic mass is 32.2. The smallest absolute Gasteiger partial charge is 0.320 e. The number of carbonyl (C=O) groups is 1. The number of ether oxygens (including phenoxy) is 2. The molecule has 0 aliphatic carbocycles. The minimum Gasteiger partial charge on any atom is -0.480 e. The number of nitrogens with one attached hydrogen (secondary N) is 2. The molecule has 7 N–H and O–H groups in total. The molecule has 2 aromatic rings. The number of carboxylic acids is 1. The second kappa shape index (κ2) is 15.3. The second-order valence-electron chi connectivity index (χ2n) is 8.44. The molecule has 206 valence electrons. The fourth-order valence-corrected chi connectivity index (χ4v) is 4.89. The lowest BCUT2D eigenvalue weighted by Gasteiger charge is -2.17. The summed E-state index contributed by atoms with van der Waals surface area (Å²) in [6.45, 7) is 1.93. The van der Waals surface area contributed by atoms with Crippen LogP contribution in [0.2, 0.25) is 0 Å². The number of nitrogens with two attached hydrogens (primary N) is 2. The summed E-state index contributed by atoms with van der Waals surface area (Å²) in [4.78, 5) is 17.3. The van der Waals surface area contributed by atoms with E-state index in [1.165, 1.54) is 0 Å². The Hall–Kier alpha value is -2.97. The van der Waals surface area contributed by atoms with Crippen molar-refractivity contribution in [2.24, 2.45) is 16.5 Å². The average molecular weight is 539 g/mol. The molecule has 0 heterocycles. The number of aliphatic carboxylic acids is 1. The molecule has 13 heteroatoms. The first-order chi connectivity index (χ1) is 17.6. The van der Waals surface area contributed by atoms with Gasteiger partial charge in [-0.1, -0.05) is 24.3 Å². The highest BCUT2D eigenvalue weighted by Crippen LogP contribution is 2.29. The first-order valence-electron chi connectivity index (χ1n) is 12.0. The van der Waals surface area contributed by atoms with Crippen LogP contribution in [0, 0.1) is 0 Å². The molecule has 0 aliphatic heterocycles. The average Bonchev–Trinajstić information content (AvgIpc) is 2.85. The molecule has 1 atom stereocenters. The molecule has 0 bridgehead atoms. The van der Waals surface area contributed by atoms with Crippen LogP contribution < -0.4 is 26.4 Å². The summed E-state index contributed by atoms with van der Waals surface area (Å²) in [5.41, 5.74) is 11.4. The molecule has 0 radical (unpaired) electrons. The third-order valence-electron chi connectivity index (χ3n) is 5.42. The Morgan fingerprint density at radius 1 is 1.03 bits per heavy atom. The Morgan fingerprint density at radius 2 is 1.68 bits per heavy atom. The predicted octanol–water partition coefficient (Wildman–Crippen LogP) is 0.314. The van der Waals surface area contributed by atoms with E-state index >= 15 is 0 Å². The van der Waals surface area contributed by atoms with Crippen LogP contribution in [-0.2, 0) is 24.3 Å². The van der Waals surface area contributed by atoms with Gasteiger partial charge in [0, 0.05) is 50.2 Å². The van der Waals surface area contributed by atoms with Crippen molar-refractivity contribution in [3.8, 4) is 0 Å². The van der Waals surface area contributed by atoms with Crippen LogP contribution in [0.15, 0.2) is 46.3 Å². The van der Waals surface area contributed by atoms with Crippen molar-refractivity contribution in [1.29, 1.82) is 0 Å². The van der Waals surface area contributed by atoms with Gasteiger partial charge in [0.15, 0.2) is 5.96 Å². The largest absolute Gasteiger partial charge is 0.480 e. The van der Waals surface area contributed by atoms with Crippen LogP contribution >= 0.6 is 0 Å². The number of carboxylic acid groups (broad SMARTS) is 1. The fraction of sp³-hybridized carbons (Fsp3) is 0.500. The number of rotatable bonds is 18. The van der Waals surface area contributed by atoms with Gasteiger partial charge in [0.05, 0.1) is 31.3 Å². The van der Waals surface area contributed by atoms with Crippen molar-refractivity contribution < 1.29 is 27.8 Å². The summed E-state index contributed by atoms with van der Waals surface area (Å²) < 4.78 is 39.2. The van der Waals surface area contributed by atoms with Gasteiger partial charge in [-0.2, -0.15) is 0 Å². The van der Waals surface area contributed by atoms with E-state index in [1.807, 2.05) is 37.2 Å². The summed E-state index contributed by atoms with van der Waals surface area (Å²) >= 11 is 0. The summed E-state index contributed by atoms with van der Waals surface area (Å²) in [6.07, 6.45) is 0.929. The highest BCUT2D eigenvalue weighted by Gasteiger charge is 2.18. The molecule has 0 saturated heterocycles. The number of aliphatic imine (C=N–C) groups is 1. The van der Waals surface area contributed by atoms with E-state index in [9.17, 15) is 18.3 Å². The minimum atomic E-state index is -3.72. The molecule has 0 aromatic heterocycles. The van der Waals surface area contributed by atoms with Crippen LogP contribution in [0.25, 0.3) is 10.8 Å². The van der Waals surface area contributed by atoms with E-state index in [4.69, 9.17) is 20.9 Å².